The number of hydrogen-bond acceptors (Lipinski definition) is 4. The van der Waals surface area contributed by atoms with Gasteiger partial charge in [-0.15, -0.1) is 24.0 Å². The van der Waals surface area contributed by atoms with Crippen LogP contribution in [0.5, 0.6) is 5.75 Å². The fraction of sp³-hybridized carbons (Fsp3) is 0.632. The second-order valence-corrected chi connectivity index (χ2v) is 6.93. The Morgan fingerprint density at radius 2 is 2.00 bits per heavy atom. The summed E-state index contributed by atoms with van der Waals surface area (Å²) in [6.45, 7) is 11.8. The van der Waals surface area contributed by atoms with Crippen LogP contribution in [-0.2, 0) is 11.3 Å². The highest BCUT2D eigenvalue weighted by Crippen LogP contribution is 2.18. The minimum absolute atomic E-state index is 0. The fourth-order valence-electron chi connectivity index (χ4n) is 2.90. The number of halogens is 2. The first kappa shape index (κ1) is 23.9. The zero-order valence-corrected chi connectivity index (χ0v) is 19.0. The van der Waals surface area contributed by atoms with Crippen molar-refractivity contribution in [2.75, 3.05) is 46.5 Å². The summed E-state index contributed by atoms with van der Waals surface area (Å²) in [7, 11) is 1.46. The van der Waals surface area contributed by atoms with Gasteiger partial charge in [-0.25, -0.2) is 9.38 Å². The van der Waals surface area contributed by atoms with Gasteiger partial charge in [0.15, 0.2) is 17.5 Å². The number of methoxy groups -OCH3 is 1. The lowest BCUT2D eigenvalue weighted by molar-refractivity contribution is -0.00834. The van der Waals surface area contributed by atoms with Crippen LogP contribution >= 0.6 is 24.0 Å². The van der Waals surface area contributed by atoms with E-state index in [1.807, 2.05) is 13.0 Å². The van der Waals surface area contributed by atoms with Crippen molar-refractivity contribution >= 4 is 29.9 Å². The number of morpholine rings is 1. The molecule has 8 heteroatoms. The number of ether oxygens (including phenoxy) is 2. The third-order valence-corrected chi connectivity index (χ3v) is 4.54. The number of hydrogen-bond donors (Lipinski definition) is 2. The van der Waals surface area contributed by atoms with Crippen molar-refractivity contribution in [1.82, 2.24) is 15.5 Å². The molecule has 1 aliphatic rings. The van der Waals surface area contributed by atoms with Gasteiger partial charge in [0, 0.05) is 31.7 Å². The van der Waals surface area contributed by atoms with Gasteiger partial charge in [-0.05, 0) is 38.5 Å². The molecule has 0 amide bonds. The smallest absolute Gasteiger partial charge is 0.191 e. The summed E-state index contributed by atoms with van der Waals surface area (Å²) in [5, 5.41) is 6.65. The highest BCUT2D eigenvalue weighted by molar-refractivity contribution is 14.0. The van der Waals surface area contributed by atoms with Crippen molar-refractivity contribution in [2.45, 2.75) is 32.9 Å². The molecule has 1 fully saturated rings. The van der Waals surface area contributed by atoms with E-state index in [0.29, 0.717) is 6.54 Å². The Morgan fingerprint density at radius 1 is 1.30 bits per heavy atom. The predicted octanol–water partition coefficient (Wildman–Crippen LogP) is 2.62. The number of aliphatic imine (C=N–C) groups is 1. The summed E-state index contributed by atoms with van der Waals surface area (Å²) in [5.41, 5.74) is 0.791. The molecule has 0 spiro atoms. The van der Waals surface area contributed by atoms with E-state index in [4.69, 9.17) is 9.47 Å². The number of benzene rings is 1. The first-order chi connectivity index (χ1) is 12.5. The van der Waals surface area contributed by atoms with E-state index in [1.165, 1.54) is 13.2 Å². The Bertz CT molecular complexity index is 607. The summed E-state index contributed by atoms with van der Waals surface area (Å²) in [4.78, 5) is 6.99. The molecule has 2 rings (SSSR count). The molecule has 0 aliphatic carbocycles. The van der Waals surface area contributed by atoms with Gasteiger partial charge >= 0.3 is 0 Å². The van der Waals surface area contributed by atoms with Crippen LogP contribution in [0.4, 0.5) is 4.39 Å². The maximum absolute atomic E-state index is 13.8. The molecule has 0 radical (unpaired) electrons. The van der Waals surface area contributed by atoms with Crippen LogP contribution in [-0.4, -0.2) is 62.9 Å². The van der Waals surface area contributed by atoms with E-state index in [1.54, 1.807) is 6.07 Å². The largest absolute Gasteiger partial charge is 0.494 e. The van der Waals surface area contributed by atoms with Gasteiger partial charge < -0.3 is 20.1 Å². The molecule has 0 bridgehead atoms. The number of rotatable bonds is 7. The van der Waals surface area contributed by atoms with Crippen molar-refractivity contribution in [1.29, 1.82) is 0 Å². The van der Waals surface area contributed by atoms with Crippen LogP contribution < -0.4 is 15.4 Å². The molecule has 154 valence electrons. The van der Waals surface area contributed by atoms with Gasteiger partial charge in [0.2, 0.25) is 0 Å². The summed E-state index contributed by atoms with van der Waals surface area (Å²) < 4.78 is 24.2. The lowest BCUT2D eigenvalue weighted by Gasteiger charge is -2.41. The summed E-state index contributed by atoms with van der Waals surface area (Å²) >= 11 is 0. The minimum atomic E-state index is -0.369. The number of nitrogens with one attached hydrogen (secondary N) is 2. The molecule has 1 saturated heterocycles. The van der Waals surface area contributed by atoms with Gasteiger partial charge in [0.25, 0.3) is 0 Å². The molecule has 0 atom stereocenters. The lowest BCUT2D eigenvalue weighted by atomic mass is 10.0. The average molecular weight is 494 g/mol. The number of nitrogens with zero attached hydrogens (tertiary/aromatic N) is 2. The van der Waals surface area contributed by atoms with Crippen LogP contribution in [0.3, 0.4) is 0 Å². The van der Waals surface area contributed by atoms with E-state index in [-0.39, 0.29) is 41.1 Å². The molecule has 2 N–H and O–H groups in total. The Balaban J connectivity index is 0.00000364. The van der Waals surface area contributed by atoms with Gasteiger partial charge in [0.05, 0.1) is 26.9 Å². The van der Waals surface area contributed by atoms with Crippen molar-refractivity contribution in [3.8, 4) is 5.75 Å². The molecule has 0 unspecified atom stereocenters. The summed E-state index contributed by atoms with van der Waals surface area (Å²) in [6, 6.07) is 4.91. The monoisotopic (exact) mass is 494 g/mol. The van der Waals surface area contributed by atoms with Crippen LogP contribution in [0, 0.1) is 5.82 Å². The second-order valence-electron chi connectivity index (χ2n) is 6.93. The molecule has 1 aliphatic heterocycles. The summed E-state index contributed by atoms with van der Waals surface area (Å²) in [5.74, 6) is 0.603. The fourth-order valence-corrected chi connectivity index (χ4v) is 2.90. The third-order valence-electron chi connectivity index (χ3n) is 4.54. The Hall–Kier alpha value is -1.13. The first-order valence-corrected chi connectivity index (χ1v) is 9.13. The minimum Gasteiger partial charge on any atom is -0.494 e. The van der Waals surface area contributed by atoms with E-state index < -0.39 is 0 Å². The van der Waals surface area contributed by atoms with Crippen LogP contribution in [0.1, 0.15) is 26.3 Å². The van der Waals surface area contributed by atoms with Crippen molar-refractivity contribution in [3.05, 3.63) is 29.6 Å². The van der Waals surface area contributed by atoms with Gasteiger partial charge in [-0.3, -0.25) is 4.90 Å². The van der Waals surface area contributed by atoms with Gasteiger partial charge in [-0.2, -0.15) is 0 Å². The molecular formula is C19H32FIN4O2. The number of guanidine groups is 1. The molecule has 27 heavy (non-hydrogen) atoms. The molecular weight excluding hydrogens is 462 g/mol. The SMILES string of the molecule is CCNC(=NCc1ccc(OC)c(F)c1)NCC(C)(C)N1CCOCC1.I. The molecule has 1 aromatic carbocycles. The van der Waals surface area contributed by atoms with Crippen molar-refractivity contribution in [3.63, 3.8) is 0 Å². The second kappa shape index (κ2) is 11.7. The highest BCUT2D eigenvalue weighted by atomic mass is 127. The lowest BCUT2D eigenvalue weighted by Crippen LogP contribution is -2.56. The van der Waals surface area contributed by atoms with Crippen molar-refractivity contribution in [2.24, 2.45) is 4.99 Å². The third kappa shape index (κ3) is 7.42. The van der Waals surface area contributed by atoms with E-state index >= 15 is 0 Å². The Morgan fingerprint density at radius 3 is 2.59 bits per heavy atom. The van der Waals surface area contributed by atoms with Gasteiger partial charge in [0.1, 0.15) is 0 Å². The van der Waals surface area contributed by atoms with Crippen molar-refractivity contribution < 1.29 is 13.9 Å². The van der Waals surface area contributed by atoms with Gasteiger partial charge in [-0.1, -0.05) is 6.07 Å². The Kier molecular flexibility index (Phi) is 10.3. The quantitative estimate of drug-likeness (QED) is 0.347. The molecule has 1 heterocycles. The molecule has 0 saturated carbocycles. The zero-order valence-electron chi connectivity index (χ0n) is 16.7. The molecule has 0 aromatic heterocycles. The van der Waals surface area contributed by atoms with Crippen LogP contribution in [0.2, 0.25) is 0 Å². The topological polar surface area (TPSA) is 58.1 Å². The first-order valence-electron chi connectivity index (χ1n) is 9.13. The summed E-state index contributed by atoms with van der Waals surface area (Å²) in [6.07, 6.45) is 0. The standard InChI is InChI=1S/C19H31FN4O2.HI/c1-5-21-18(22-13-15-6-7-17(25-4)16(20)12-15)23-14-19(2,3)24-8-10-26-11-9-24;/h6-7,12H,5,8-11,13-14H2,1-4H3,(H2,21,22,23);1H. The normalized spacial score (nSPS) is 15.8. The average Bonchev–Trinajstić information content (AvgIpc) is 2.65. The van der Waals surface area contributed by atoms with Crippen LogP contribution in [0.25, 0.3) is 0 Å². The van der Waals surface area contributed by atoms with Crippen LogP contribution in [0.15, 0.2) is 23.2 Å². The predicted molar refractivity (Wildman–Crippen MR) is 118 cm³/mol. The molecule has 1 aromatic rings. The zero-order chi connectivity index (χ0) is 19.0. The van der Waals surface area contributed by atoms with E-state index in [2.05, 4.69) is 34.4 Å². The molecule has 6 nitrogen and oxygen atoms in total. The Labute approximate surface area is 178 Å². The maximum atomic E-state index is 13.8. The highest BCUT2D eigenvalue weighted by Gasteiger charge is 2.28. The maximum Gasteiger partial charge on any atom is 0.191 e. The van der Waals surface area contributed by atoms with E-state index in [9.17, 15) is 4.39 Å². The van der Waals surface area contributed by atoms with E-state index in [0.717, 1.165) is 50.9 Å².